The molecular weight excluding hydrogens is 248 g/mol. The van der Waals surface area contributed by atoms with E-state index in [-0.39, 0.29) is 6.03 Å². The fourth-order valence-electron chi connectivity index (χ4n) is 2.08. The summed E-state index contributed by atoms with van der Waals surface area (Å²) in [5.41, 5.74) is 0. The van der Waals surface area contributed by atoms with Crippen molar-refractivity contribution in [1.29, 1.82) is 0 Å². The Balaban J connectivity index is 2.19. The molecule has 1 rings (SSSR count). The molecule has 1 saturated heterocycles. The van der Waals surface area contributed by atoms with Gasteiger partial charge in [0.25, 0.3) is 0 Å². The number of urea groups is 1. The molecule has 0 saturated carbocycles. The molecule has 0 aliphatic carbocycles. The van der Waals surface area contributed by atoms with Gasteiger partial charge in [-0.1, -0.05) is 6.92 Å². The third-order valence-corrected chi connectivity index (χ3v) is 3.41. The largest absolute Gasteiger partial charge is 0.481 e. The van der Waals surface area contributed by atoms with E-state index < -0.39 is 11.9 Å². The molecule has 110 valence electrons. The molecule has 6 heteroatoms. The number of nitrogens with zero attached hydrogens (tertiary/aromatic N) is 1. The fourth-order valence-corrected chi connectivity index (χ4v) is 2.08. The summed E-state index contributed by atoms with van der Waals surface area (Å²) in [6, 6.07) is -0.150. The molecule has 0 bridgehead atoms. The summed E-state index contributed by atoms with van der Waals surface area (Å²) < 4.78 is 5.38. The zero-order valence-electron chi connectivity index (χ0n) is 11.7. The Morgan fingerprint density at radius 2 is 2.26 bits per heavy atom. The van der Waals surface area contributed by atoms with Gasteiger partial charge in [0, 0.05) is 32.7 Å². The summed E-state index contributed by atoms with van der Waals surface area (Å²) in [6.45, 7) is 4.24. The Kier molecular flexibility index (Phi) is 6.62. The molecule has 1 aliphatic rings. The summed E-state index contributed by atoms with van der Waals surface area (Å²) in [4.78, 5) is 24.1. The normalized spacial score (nSPS) is 20.6. The van der Waals surface area contributed by atoms with Crippen LogP contribution in [0.2, 0.25) is 0 Å². The lowest BCUT2D eigenvalue weighted by atomic mass is 10.0. The summed E-state index contributed by atoms with van der Waals surface area (Å²) in [5, 5.41) is 11.5. The first-order valence-electron chi connectivity index (χ1n) is 6.80. The van der Waals surface area contributed by atoms with E-state index in [0.717, 1.165) is 19.4 Å². The molecule has 2 N–H and O–H groups in total. The van der Waals surface area contributed by atoms with Crippen LogP contribution in [0.25, 0.3) is 0 Å². The maximum absolute atomic E-state index is 11.8. The van der Waals surface area contributed by atoms with Gasteiger partial charge in [0.1, 0.15) is 0 Å². The number of carboxylic acid groups (broad SMARTS) is 1. The predicted octanol–water partition coefficient (Wildman–Crippen LogP) is 1.17. The highest BCUT2D eigenvalue weighted by Gasteiger charge is 2.19. The van der Waals surface area contributed by atoms with Crippen molar-refractivity contribution < 1.29 is 19.4 Å². The van der Waals surface area contributed by atoms with E-state index in [1.54, 1.807) is 18.9 Å². The van der Waals surface area contributed by atoms with Gasteiger partial charge < -0.3 is 20.1 Å². The van der Waals surface area contributed by atoms with Gasteiger partial charge in [0.2, 0.25) is 0 Å². The van der Waals surface area contributed by atoms with Crippen LogP contribution in [0.5, 0.6) is 0 Å². The van der Waals surface area contributed by atoms with Crippen LogP contribution in [0.3, 0.4) is 0 Å². The van der Waals surface area contributed by atoms with E-state index in [0.29, 0.717) is 32.0 Å². The van der Waals surface area contributed by atoms with E-state index in [2.05, 4.69) is 5.32 Å². The smallest absolute Gasteiger partial charge is 0.317 e. The van der Waals surface area contributed by atoms with Crippen molar-refractivity contribution in [2.45, 2.75) is 26.2 Å². The molecule has 2 atom stereocenters. The van der Waals surface area contributed by atoms with Gasteiger partial charge in [-0.2, -0.15) is 0 Å². The number of carbonyl (C=O) groups excluding carboxylic acids is 1. The Hall–Kier alpha value is -1.30. The molecule has 0 aromatic heterocycles. The average molecular weight is 272 g/mol. The summed E-state index contributed by atoms with van der Waals surface area (Å²) in [5.74, 6) is -0.859. The van der Waals surface area contributed by atoms with Gasteiger partial charge in [-0.3, -0.25) is 4.79 Å². The molecule has 1 fully saturated rings. The molecule has 0 radical (unpaired) electrons. The van der Waals surface area contributed by atoms with Gasteiger partial charge in [-0.15, -0.1) is 0 Å². The second-order valence-electron chi connectivity index (χ2n) is 5.22. The van der Waals surface area contributed by atoms with Crippen LogP contribution in [0.1, 0.15) is 26.2 Å². The average Bonchev–Trinajstić information content (AvgIpc) is 2.39. The lowest BCUT2D eigenvalue weighted by molar-refractivity contribution is -0.141. The molecule has 0 aromatic carbocycles. The van der Waals surface area contributed by atoms with Gasteiger partial charge >= 0.3 is 12.0 Å². The van der Waals surface area contributed by atoms with E-state index in [1.165, 1.54) is 0 Å². The van der Waals surface area contributed by atoms with Crippen molar-refractivity contribution in [3.05, 3.63) is 0 Å². The molecule has 0 aromatic rings. The van der Waals surface area contributed by atoms with Crippen LogP contribution in [0.15, 0.2) is 0 Å². The number of carboxylic acids is 1. The van der Waals surface area contributed by atoms with Crippen molar-refractivity contribution in [3.8, 4) is 0 Å². The van der Waals surface area contributed by atoms with E-state index in [1.807, 2.05) is 0 Å². The third kappa shape index (κ3) is 5.92. The Labute approximate surface area is 114 Å². The van der Waals surface area contributed by atoms with Crippen molar-refractivity contribution in [3.63, 3.8) is 0 Å². The minimum absolute atomic E-state index is 0.150. The predicted molar refractivity (Wildman–Crippen MR) is 71.0 cm³/mol. The van der Waals surface area contributed by atoms with Crippen LogP contribution < -0.4 is 5.32 Å². The first kappa shape index (κ1) is 15.8. The Morgan fingerprint density at radius 3 is 2.84 bits per heavy atom. The quantitative estimate of drug-likeness (QED) is 0.760. The second-order valence-corrected chi connectivity index (χ2v) is 5.22. The molecule has 2 amide bonds. The number of hydrogen-bond donors (Lipinski definition) is 2. The number of nitrogens with one attached hydrogen (secondary N) is 1. The monoisotopic (exact) mass is 272 g/mol. The van der Waals surface area contributed by atoms with Crippen molar-refractivity contribution >= 4 is 12.0 Å². The van der Waals surface area contributed by atoms with Crippen molar-refractivity contribution in [1.82, 2.24) is 10.2 Å². The minimum Gasteiger partial charge on any atom is -0.481 e. The minimum atomic E-state index is -0.832. The van der Waals surface area contributed by atoms with E-state index in [4.69, 9.17) is 9.84 Å². The fraction of sp³-hybridized carbons (Fsp3) is 0.846. The number of hydrogen-bond acceptors (Lipinski definition) is 3. The van der Waals surface area contributed by atoms with Gasteiger partial charge in [0.15, 0.2) is 0 Å². The first-order chi connectivity index (χ1) is 9.00. The number of amides is 2. The zero-order valence-corrected chi connectivity index (χ0v) is 11.7. The van der Waals surface area contributed by atoms with Gasteiger partial charge in [-0.25, -0.2) is 4.79 Å². The van der Waals surface area contributed by atoms with E-state index >= 15 is 0 Å². The highest BCUT2D eigenvalue weighted by Crippen LogP contribution is 2.14. The van der Waals surface area contributed by atoms with E-state index in [9.17, 15) is 9.59 Å². The topological polar surface area (TPSA) is 78.9 Å². The lowest BCUT2D eigenvalue weighted by Crippen LogP contribution is -2.42. The number of aliphatic carboxylic acids is 1. The Morgan fingerprint density at radius 1 is 1.53 bits per heavy atom. The first-order valence-corrected chi connectivity index (χ1v) is 6.80. The SMILES string of the molecule is CC(CCNC(=O)N(C)CC1CCCOC1)C(=O)O. The lowest BCUT2D eigenvalue weighted by Gasteiger charge is -2.27. The van der Waals surface area contributed by atoms with Crippen LogP contribution in [0, 0.1) is 11.8 Å². The van der Waals surface area contributed by atoms with Crippen LogP contribution in [-0.2, 0) is 9.53 Å². The molecular formula is C13H24N2O4. The number of rotatable bonds is 6. The Bertz CT molecular complexity index is 303. The van der Waals surface area contributed by atoms with Crippen LogP contribution in [0.4, 0.5) is 4.79 Å². The van der Waals surface area contributed by atoms with Gasteiger partial charge in [-0.05, 0) is 19.3 Å². The maximum Gasteiger partial charge on any atom is 0.317 e. The maximum atomic E-state index is 11.8. The zero-order chi connectivity index (χ0) is 14.3. The molecule has 19 heavy (non-hydrogen) atoms. The molecule has 0 spiro atoms. The highest BCUT2D eigenvalue weighted by atomic mass is 16.5. The molecule has 1 aliphatic heterocycles. The second kappa shape index (κ2) is 7.99. The standard InChI is InChI=1S/C13H24N2O4/c1-10(12(16)17)5-6-14-13(18)15(2)8-11-4-3-7-19-9-11/h10-11H,3-9H2,1-2H3,(H,14,18)(H,16,17). The highest BCUT2D eigenvalue weighted by molar-refractivity contribution is 5.74. The van der Waals surface area contributed by atoms with Crippen molar-refractivity contribution in [2.24, 2.45) is 11.8 Å². The van der Waals surface area contributed by atoms with Crippen LogP contribution >= 0.6 is 0 Å². The summed E-state index contributed by atoms with van der Waals surface area (Å²) >= 11 is 0. The summed E-state index contributed by atoms with van der Waals surface area (Å²) in [7, 11) is 1.75. The van der Waals surface area contributed by atoms with Crippen molar-refractivity contribution in [2.75, 3.05) is 33.4 Å². The number of ether oxygens (including phenoxy) is 1. The van der Waals surface area contributed by atoms with Crippen LogP contribution in [-0.4, -0.2) is 55.4 Å². The molecule has 2 unspecified atom stereocenters. The molecule has 6 nitrogen and oxygen atoms in total. The molecule has 1 heterocycles. The summed E-state index contributed by atoms with van der Waals surface area (Å²) in [6.07, 6.45) is 2.59. The number of carbonyl (C=O) groups is 2. The van der Waals surface area contributed by atoms with Gasteiger partial charge in [0.05, 0.1) is 12.5 Å². The third-order valence-electron chi connectivity index (χ3n) is 3.41.